The summed E-state index contributed by atoms with van der Waals surface area (Å²) in [5, 5.41) is 10.1. The van der Waals surface area contributed by atoms with Crippen molar-refractivity contribution in [1.29, 1.82) is 0 Å². The van der Waals surface area contributed by atoms with Crippen molar-refractivity contribution in [2.75, 3.05) is 5.75 Å². The molecule has 2 rings (SSSR count). The highest BCUT2D eigenvalue weighted by molar-refractivity contribution is 8.00. The van der Waals surface area contributed by atoms with Crippen molar-refractivity contribution < 1.29 is 19.4 Å². The molecule has 7 heteroatoms. The van der Waals surface area contributed by atoms with Gasteiger partial charge < -0.3 is 20.5 Å². The lowest BCUT2D eigenvalue weighted by atomic mass is 9.91. The molecule has 2 aliphatic heterocycles. The third-order valence-corrected chi connectivity index (χ3v) is 4.78. The number of fused-ring (bicyclic) bond motifs is 1. The van der Waals surface area contributed by atoms with E-state index in [9.17, 15) is 14.7 Å². The van der Waals surface area contributed by atoms with Crippen molar-refractivity contribution in [3.05, 3.63) is 0 Å². The molecule has 2 saturated heterocycles. The van der Waals surface area contributed by atoms with Gasteiger partial charge in [0.05, 0.1) is 0 Å². The van der Waals surface area contributed by atoms with Crippen molar-refractivity contribution in [1.82, 2.24) is 4.90 Å². The highest BCUT2D eigenvalue weighted by Crippen LogP contribution is 2.42. The zero-order valence-corrected chi connectivity index (χ0v) is 12.4. The number of carbonyl (C=O) groups excluding carboxylic acids is 2. The van der Waals surface area contributed by atoms with Crippen molar-refractivity contribution in [3.63, 3.8) is 0 Å². The van der Waals surface area contributed by atoms with Crippen LogP contribution in [0, 0.1) is 0 Å². The number of hydrogen-bond acceptors (Lipinski definition) is 6. The van der Waals surface area contributed by atoms with Gasteiger partial charge in [0, 0.05) is 5.75 Å². The first-order chi connectivity index (χ1) is 8.54. The number of hydrogen-bond donors (Lipinski definition) is 2. The lowest BCUT2D eigenvalue weighted by molar-refractivity contribution is -0.183. The van der Waals surface area contributed by atoms with Gasteiger partial charge in [0.1, 0.15) is 22.6 Å². The third kappa shape index (κ3) is 2.46. The van der Waals surface area contributed by atoms with Gasteiger partial charge in [0.25, 0.3) is 0 Å². The molecule has 3 unspecified atom stereocenters. The number of rotatable bonds is 1. The Morgan fingerprint density at radius 3 is 2.68 bits per heavy atom. The summed E-state index contributed by atoms with van der Waals surface area (Å²) in [6.07, 6.45) is 0. The Morgan fingerprint density at radius 2 is 2.16 bits per heavy atom. The molecular formula is C12H20N2O4S. The summed E-state index contributed by atoms with van der Waals surface area (Å²) in [7, 11) is 0. The van der Waals surface area contributed by atoms with E-state index in [1.54, 1.807) is 27.7 Å². The minimum absolute atomic E-state index is 0.245. The molecule has 2 fully saturated rings. The Hall–Kier alpha value is -0.790. The molecule has 108 valence electrons. The van der Waals surface area contributed by atoms with E-state index < -0.39 is 29.3 Å². The van der Waals surface area contributed by atoms with Gasteiger partial charge >= 0.3 is 5.97 Å². The molecule has 0 spiro atoms. The lowest BCUT2D eigenvalue weighted by Crippen LogP contribution is -2.78. The predicted molar refractivity (Wildman–Crippen MR) is 71.3 cm³/mol. The molecule has 0 aliphatic carbocycles. The number of nitrogens with two attached hydrogens (primary N) is 1. The molecule has 1 amide bonds. The normalized spacial score (nSPS) is 38.5. The van der Waals surface area contributed by atoms with Gasteiger partial charge in [-0.2, -0.15) is 0 Å². The van der Waals surface area contributed by atoms with Crippen LogP contribution in [0.3, 0.4) is 0 Å². The first-order valence-electron chi connectivity index (χ1n) is 6.19. The molecule has 2 aliphatic rings. The van der Waals surface area contributed by atoms with Crippen molar-refractivity contribution in [3.8, 4) is 0 Å². The number of amides is 1. The SMILES string of the molecule is CC(C)(C)OC(=O)C1N2C(=O)C(N)[C@H]2SCC1(C)O. The van der Waals surface area contributed by atoms with Gasteiger partial charge in [-0.3, -0.25) is 4.79 Å². The first kappa shape index (κ1) is 14.6. The number of aliphatic hydroxyl groups is 1. The summed E-state index contributed by atoms with van der Waals surface area (Å²) in [6, 6.07) is -1.57. The molecule has 0 aromatic heterocycles. The smallest absolute Gasteiger partial charge is 0.332 e. The van der Waals surface area contributed by atoms with Crippen LogP contribution < -0.4 is 5.73 Å². The zero-order valence-electron chi connectivity index (χ0n) is 11.5. The van der Waals surface area contributed by atoms with Crippen LogP contribution in [0.5, 0.6) is 0 Å². The Morgan fingerprint density at radius 1 is 1.58 bits per heavy atom. The van der Waals surface area contributed by atoms with E-state index in [1.165, 1.54) is 16.7 Å². The minimum Gasteiger partial charge on any atom is -0.458 e. The van der Waals surface area contributed by atoms with E-state index in [0.29, 0.717) is 5.75 Å². The van der Waals surface area contributed by atoms with Gasteiger partial charge in [-0.05, 0) is 27.7 Å². The van der Waals surface area contributed by atoms with Crippen LogP contribution in [0.15, 0.2) is 0 Å². The molecule has 0 bridgehead atoms. The monoisotopic (exact) mass is 288 g/mol. The molecule has 0 aromatic carbocycles. The summed E-state index contributed by atoms with van der Waals surface area (Å²) in [5.74, 6) is -0.546. The van der Waals surface area contributed by atoms with E-state index in [0.717, 1.165) is 0 Å². The standard InChI is InChI=1S/C12H20N2O4S/c1-11(2,3)18-10(16)7-12(4,17)5-19-9-6(13)8(15)14(7)9/h6-7,9,17H,5,13H2,1-4H3/t6?,7?,9-,12?/m1/s1. The summed E-state index contributed by atoms with van der Waals surface area (Å²) in [5.41, 5.74) is 3.74. The minimum atomic E-state index is -1.31. The van der Waals surface area contributed by atoms with Crippen LogP contribution in [0.1, 0.15) is 27.7 Å². The van der Waals surface area contributed by atoms with E-state index in [-0.39, 0.29) is 11.3 Å². The molecule has 0 radical (unpaired) electrons. The molecule has 19 heavy (non-hydrogen) atoms. The maximum absolute atomic E-state index is 12.2. The summed E-state index contributed by atoms with van der Waals surface area (Å²) >= 11 is 1.39. The van der Waals surface area contributed by atoms with E-state index in [4.69, 9.17) is 10.5 Å². The molecule has 0 saturated carbocycles. The topological polar surface area (TPSA) is 92.9 Å². The highest BCUT2D eigenvalue weighted by Gasteiger charge is 2.60. The van der Waals surface area contributed by atoms with Crippen LogP contribution in [-0.2, 0) is 14.3 Å². The number of ether oxygens (including phenoxy) is 1. The van der Waals surface area contributed by atoms with Gasteiger partial charge in [0.15, 0.2) is 6.04 Å². The maximum Gasteiger partial charge on any atom is 0.332 e. The van der Waals surface area contributed by atoms with Crippen LogP contribution in [-0.4, -0.2) is 56.3 Å². The largest absolute Gasteiger partial charge is 0.458 e. The van der Waals surface area contributed by atoms with E-state index >= 15 is 0 Å². The molecule has 3 N–H and O–H groups in total. The molecule has 4 atom stereocenters. The van der Waals surface area contributed by atoms with Crippen molar-refractivity contribution in [2.24, 2.45) is 5.73 Å². The maximum atomic E-state index is 12.2. The second-order valence-electron chi connectivity index (χ2n) is 6.27. The third-order valence-electron chi connectivity index (χ3n) is 3.16. The van der Waals surface area contributed by atoms with Crippen molar-refractivity contribution in [2.45, 2.75) is 56.4 Å². The van der Waals surface area contributed by atoms with Gasteiger partial charge in [-0.1, -0.05) is 0 Å². The summed E-state index contributed by atoms with van der Waals surface area (Å²) in [6.45, 7) is 6.79. The Kier molecular flexibility index (Phi) is 3.35. The van der Waals surface area contributed by atoms with E-state index in [2.05, 4.69) is 0 Å². The van der Waals surface area contributed by atoms with E-state index in [1.807, 2.05) is 0 Å². The predicted octanol–water partition coefficient (Wildman–Crippen LogP) is -0.310. The first-order valence-corrected chi connectivity index (χ1v) is 7.24. The average Bonchev–Trinajstić information content (AvgIpc) is 2.24. The summed E-state index contributed by atoms with van der Waals surface area (Å²) < 4.78 is 5.31. The van der Waals surface area contributed by atoms with Crippen molar-refractivity contribution >= 4 is 23.6 Å². The lowest BCUT2D eigenvalue weighted by Gasteiger charge is -2.55. The number of β-lactam (4-membered cyclic amide) rings is 1. The fourth-order valence-corrected chi connectivity index (χ4v) is 3.70. The van der Waals surface area contributed by atoms with Gasteiger partial charge in [-0.25, -0.2) is 4.79 Å². The zero-order chi connectivity index (χ0) is 14.6. The Labute approximate surface area is 116 Å². The molecule has 0 aromatic rings. The number of carbonyl (C=O) groups is 2. The van der Waals surface area contributed by atoms with Gasteiger partial charge in [0.2, 0.25) is 5.91 Å². The second-order valence-corrected chi connectivity index (χ2v) is 7.37. The number of thioether (sulfide) groups is 1. The summed E-state index contributed by atoms with van der Waals surface area (Å²) in [4.78, 5) is 25.4. The van der Waals surface area contributed by atoms with Crippen LogP contribution >= 0.6 is 11.8 Å². The van der Waals surface area contributed by atoms with Gasteiger partial charge in [-0.15, -0.1) is 11.8 Å². The van der Waals surface area contributed by atoms with Crippen LogP contribution in [0.2, 0.25) is 0 Å². The number of esters is 1. The quantitative estimate of drug-likeness (QED) is 0.508. The second kappa shape index (κ2) is 4.36. The van der Waals surface area contributed by atoms with Crippen LogP contribution in [0.25, 0.3) is 0 Å². The van der Waals surface area contributed by atoms with Crippen LogP contribution in [0.4, 0.5) is 0 Å². The highest BCUT2D eigenvalue weighted by atomic mass is 32.2. The fourth-order valence-electron chi connectivity index (χ4n) is 2.33. The molecular weight excluding hydrogens is 268 g/mol. The Bertz CT molecular complexity index is 418. The number of nitrogens with zero attached hydrogens (tertiary/aromatic N) is 1. The fraction of sp³-hybridized carbons (Fsp3) is 0.833. The molecule has 2 heterocycles. The average molecular weight is 288 g/mol. The molecule has 6 nitrogen and oxygen atoms in total. The Balaban J connectivity index is 2.23.